The molecule has 6 heteroatoms. The molecule has 0 saturated carbocycles. The molecule has 0 aliphatic rings. The lowest BCUT2D eigenvalue weighted by Gasteiger charge is -2.21. The van der Waals surface area contributed by atoms with Crippen molar-refractivity contribution in [2.45, 2.75) is 19.0 Å². The van der Waals surface area contributed by atoms with E-state index in [0.717, 1.165) is 4.88 Å². The Morgan fingerprint density at radius 3 is 2.72 bits per heavy atom. The predicted octanol–water partition coefficient (Wildman–Crippen LogP) is 1.62. The molecule has 90 valence electrons. The standard InChI is InChI=1S/C12H11N5S/c1-8(15)12(11-3-2-4-18-11)17-7-16-9(5-13)10(17)6-14/h2-4,7-8,12H,15H2,1H3. The number of nitriles is 2. The molecule has 2 atom stereocenters. The lowest BCUT2D eigenvalue weighted by molar-refractivity contribution is 0.500. The van der Waals surface area contributed by atoms with Crippen LogP contribution in [-0.4, -0.2) is 15.6 Å². The van der Waals surface area contributed by atoms with E-state index in [1.165, 1.54) is 6.33 Å². The summed E-state index contributed by atoms with van der Waals surface area (Å²) in [6, 6.07) is 7.48. The van der Waals surface area contributed by atoms with Gasteiger partial charge in [0.1, 0.15) is 12.1 Å². The fourth-order valence-electron chi connectivity index (χ4n) is 1.87. The first kappa shape index (κ1) is 12.3. The van der Waals surface area contributed by atoms with Gasteiger partial charge in [-0.3, -0.25) is 0 Å². The van der Waals surface area contributed by atoms with Crippen molar-refractivity contribution >= 4 is 11.3 Å². The van der Waals surface area contributed by atoms with Crippen LogP contribution in [0.25, 0.3) is 0 Å². The van der Waals surface area contributed by atoms with E-state index in [9.17, 15) is 0 Å². The Morgan fingerprint density at radius 1 is 1.44 bits per heavy atom. The third kappa shape index (κ3) is 2.00. The van der Waals surface area contributed by atoms with Crippen molar-refractivity contribution in [3.05, 3.63) is 40.1 Å². The van der Waals surface area contributed by atoms with Gasteiger partial charge in [-0.25, -0.2) is 4.98 Å². The first-order valence-electron chi connectivity index (χ1n) is 5.35. The van der Waals surface area contributed by atoms with Crippen molar-refractivity contribution in [2.24, 2.45) is 5.73 Å². The van der Waals surface area contributed by atoms with Crippen LogP contribution in [0.1, 0.15) is 29.2 Å². The molecule has 0 bridgehead atoms. The molecule has 0 aromatic carbocycles. The topological polar surface area (TPSA) is 91.4 Å². The Kier molecular flexibility index (Phi) is 3.42. The molecule has 2 aromatic heterocycles. The number of nitrogens with two attached hydrogens (primary N) is 1. The molecule has 0 aliphatic heterocycles. The Morgan fingerprint density at radius 2 is 2.22 bits per heavy atom. The average Bonchev–Trinajstić information content (AvgIpc) is 2.98. The summed E-state index contributed by atoms with van der Waals surface area (Å²) in [5, 5.41) is 20.0. The van der Waals surface area contributed by atoms with E-state index in [1.54, 1.807) is 15.9 Å². The Balaban J connectivity index is 2.55. The zero-order valence-corrected chi connectivity index (χ0v) is 10.6. The SMILES string of the molecule is CC(N)C(c1cccs1)n1cnc(C#N)c1C#N. The predicted molar refractivity (Wildman–Crippen MR) is 67.8 cm³/mol. The minimum absolute atomic E-state index is 0.139. The molecular formula is C12H11N5S. The van der Waals surface area contributed by atoms with Crippen LogP contribution in [0.3, 0.4) is 0 Å². The molecule has 2 rings (SSSR count). The van der Waals surface area contributed by atoms with Crippen LogP contribution in [0, 0.1) is 22.7 Å². The first-order valence-corrected chi connectivity index (χ1v) is 6.23. The normalized spacial score (nSPS) is 13.6. The Bertz CT molecular complexity index is 612. The second-order valence-corrected chi connectivity index (χ2v) is 4.87. The van der Waals surface area contributed by atoms with Gasteiger partial charge in [-0.2, -0.15) is 10.5 Å². The smallest absolute Gasteiger partial charge is 0.176 e. The number of hydrogen-bond donors (Lipinski definition) is 1. The Hall–Kier alpha value is -2.15. The fraction of sp³-hybridized carbons (Fsp3) is 0.250. The van der Waals surface area contributed by atoms with Gasteiger partial charge in [0.2, 0.25) is 0 Å². The van der Waals surface area contributed by atoms with Gasteiger partial charge in [-0.05, 0) is 18.4 Å². The van der Waals surface area contributed by atoms with Crippen LogP contribution in [-0.2, 0) is 0 Å². The maximum atomic E-state index is 9.15. The quantitative estimate of drug-likeness (QED) is 0.904. The Labute approximate surface area is 109 Å². The molecule has 0 spiro atoms. The highest BCUT2D eigenvalue weighted by Gasteiger charge is 2.23. The third-order valence-corrected chi connectivity index (χ3v) is 3.58. The second kappa shape index (κ2) is 5.01. The van der Waals surface area contributed by atoms with Gasteiger partial charge in [-0.1, -0.05) is 6.07 Å². The molecule has 0 radical (unpaired) electrons. The highest BCUT2D eigenvalue weighted by Crippen LogP contribution is 2.27. The minimum atomic E-state index is -0.184. The summed E-state index contributed by atoms with van der Waals surface area (Å²) in [5.41, 5.74) is 6.40. The van der Waals surface area contributed by atoms with Crippen LogP contribution in [0.15, 0.2) is 23.8 Å². The van der Waals surface area contributed by atoms with Crippen LogP contribution in [0.5, 0.6) is 0 Å². The summed E-state index contributed by atoms with van der Waals surface area (Å²) in [4.78, 5) is 4.99. The number of hydrogen-bond acceptors (Lipinski definition) is 5. The first-order chi connectivity index (χ1) is 8.69. The molecule has 2 unspecified atom stereocenters. The number of aromatic nitrogens is 2. The van der Waals surface area contributed by atoms with Crippen LogP contribution < -0.4 is 5.73 Å². The zero-order chi connectivity index (χ0) is 13.1. The van der Waals surface area contributed by atoms with E-state index in [-0.39, 0.29) is 23.5 Å². The molecular weight excluding hydrogens is 246 g/mol. The van der Waals surface area contributed by atoms with Crippen LogP contribution in [0.4, 0.5) is 0 Å². The van der Waals surface area contributed by atoms with Gasteiger partial charge >= 0.3 is 0 Å². The largest absolute Gasteiger partial charge is 0.326 e. The molecule has 2 heterocycles. The molecule has 0 fully saturated rings. The fourth-order valence-corrected chi connectivity index (χ4v) is 2.81. The van der Waals surface area contributed by atoms with Crippen molar-refractivity contribution in [1.82, 2.24) is 9.55 Å². The van der Waals surface area contributed by atoms with E-state index in [0.29, 0.717) is 0 Å². The molecule has 0 amide bonds. The number of rotatable bonds is 3. The monoisotopic (exact) mass is 257 g/mol. The van der Waals surface area contributed by atoms with E-state index < -0.39 is 0 Å². The summed E-state index contributed by atoms with van der Waals surface area (Å²) in [6.45, 7) is 1.87. The van der Waals surface area contributed by atoms with Gasteiger partial charge in [0.05, 0.1) is 12.4 Å². The van der Waals surface area contributed by atoms with E-state index in [1.807, 2.05) is 36.6 Å². The number of imidazole rings is 1. The van der Waals surface area contributed by atoms with E-state index in [2.05, 4.69) is 4.98 Å². The molecule has 2 N–H and O–H groups in total. The highest BCUT2D eigenvalue weighted by atomic mass is 32.1. The highest BCUT2D eigenvalue weighted by molar-refractivity contribution is 7.10. The lowest BCUT2D eigenvalue weighted by atomic mass is 10.1. The van der Waals surface area contributed by atoms with Gasteiger partial charge in [0.25, 0.3) is 0 Å². The molecule has 0 saturated heterocycles. The van der Waals surface area contributed by atoms with Crippen molar-refractivity contribution < 1.29 is 0 Å². The number of thiophene rings is 1. The maximum Gasteiger partial charge on any atom is 0.176 e. The molecule has 18 heavy (non-hydrogen) atoms. The molecule has 0 aliphatic carbocycles. The lowest BCUT2D eigenvalue weighted by Crippen LogP contribution is -2.30. The van der Waals surface area contributed by atoms with E-state index >= 15 is 0 Å². The summed E-state index contributed by atoms with van der Waals surface area (Å²) in [7, 11) is 0. The molecule has 2 aromatic rings. The van der Waals surface area contributed by atoms with Gasteiger partial charge < -0.3 is 10.3 Å². The molecule has 5 nitrogen and oxygen atoms in total. The van der Waals surface area contributed by atoms with Crippen molar-refractivity contribution in [1.29, 1.82) is 10.5 Å². The van der Waals surface area contributed by atoms with Crippen molar-refractivity contribution in [3.8, 4) is 12.1 Å². The minimum Gasteiger partial charge on any atom is -0.326 e. The van der Waals surface area contributed by atoms with Gasteiger partial charge in [0.15, 0.2) is 11.4 Å². The third-order valence-electron chi connectivity index (χ3n) is 2.64. The zero-order valence-electron chi connectivity index (χ0n) is 9.74. The second-order valence-electron chi connectivity index (χ2n) is 3.89. The van der Waals surface area contributed by atoms with Gasteiger partial charge in [-0.15, -0.1) is 11.3 Å². The summed E-state index contributed by atoms with van der Waals surface area (Å²) < 4.78 is 1.68. The summed E-state index contributed by atoms with van der Waals surface area (Å²) >= 11 is 1.57. The summed E-state index contributed by atoms with van der Waals surface area (Å²) in [6.07, 6.45) is 1.50. The maximum absolute atomic E-state index is 9.15. The number of nitrogens with zero attached hydrogens (tertiary/aromatic N) is 4. The van der Waals surface area contributed by atoms with Crippen molar-refractivity contribution in [2.75, 3.05) is 0 Å². The van der Waals surface area contributed by atoms with Crippen LogP contribution in [0.2, 0.25) is 0 Å². The van der Waals surface area contributed by atoms with E-state index in [4.69, 9.17) is 16.3 Å². The van der Waals surface area contributed by atoms with Gasteiger partial charge in [0, 0.05) is 10.9 Å². The van der Waals surface area contributed by atoms with Crippen LogP contribution >= 0.6 is 11.3 Å². The van der Waals surface area contributed by atoms with Crippen molar-refractivity contribution in [3.63, 3.8) is 0 Å². The average molecular weight is 257 g/mol. The summed E-state index contributed by atoms with van der Waals surface area (Å²) in [5.74, 6) is 0.